The van der Waals surface area contributed by atoms with Crippen molar-refractivity contribution in [3.05, 3.63) is 58.5 Å². The SMILES string of the molecule is Cc1cc(F)ccc1C(=O)Nc1ncccc1Cl. The molecular weight excluding hydrogens is 255 g/mol. The summed E-state index contributed by atoms with van der Waals surface area (Å²) in [5.74, 6) is -0.457. The van der Waals surface area contributed by atoms with Crippen molar-refractivity contribution in [2.45, 2.75) is 6.92 Å². The molecule has 18 heavy (non-hydrogen) atoms. The number of benzene rings is 1. The molecule has 0 atom stereocenters. The van der Waals surface area contributed by atoms with Crippen molar-refractivity contribution in [1.29, 1.82) is 0 Å². The first kappa shape index (κ1) is 12.5. The van der Waals surface area contributed by atoms with Crippen molar-refractivity contribution in [1.82, 2.24) is 4.98 Å². The van der Waals surface area contributed by atoms with Crippen LogP contribution in [-0.2, 0) is 0 Å². The Morgan fingerprint density at radius 2 is 2.17 bits per heavy atom. The second kappa shape index (κ2) is 5.14. The summed E-state index contributed by atoms with van der Waals surface area (Å²) in [6, 6.07) is 7.26. The van der Waals surface area contributed by atoms with Crippen molar-refractivity contribution in [2.24, 2.45) is 0 Å². The molecule has 0 fully saturated rings. The number of hydrogen-bond donors (Lipinski definition) is 1. The zero-order valence-corrected chi connectivity index (χ0v) is 10.3. The van der Waals surface area contributed by atoms with E-state index in [1.54, 1.807) is 19.1 Å². The molecule has 1 aromatic carbocycles. The Morgan fingerprint density at radius 1 is 1.39 bits per heavy atom. The molecule has 3 nitrogen and oxygen atoms in total. The highest BCUT2D eigenvalue weighted by molar-refractivity contribution is 6.33. The number of carbonyl (C=O) groups excluding carboxylic acids is 1. The maximum absolute atomic E-state index is 12.9. The van der Waals surface area contributed by atoms with Gasteiger partial charge in [0.2, 0.25) is 0 Å². The minimum absolute atomic E-state index is 0.285. The van der Waals surface area contributed by atoms with Gasteiger partial charge in [-0.1, -0.05) is 11.6 Å². The van der Waals surface area contributed by atoms with Crippen molar-refractivity contribution in [3.8, 4) is 0 Å². The Bertz CT molecular complexity index is 601. The quantitative estimate of drug-likeness (QED) is 0.903. The van der Waals surface area contributed by atoms with Gasteiger partial charge in [-0.2, -0.15) is 0 Å². The highest BCUT2D eigenvalue weighted by Gasteiger charge is 2.11. The van der Waals surface area contributed by atoms with Crippen molar-refractivity contribution in [2.75, 3.05) is 5.32 Å². The molecule has 0 bridgehead atoms. The molecule has 1 amide bonds. The second-order valence-corrected chi connectivity index (χ2v) is 4.15. The summed E-state index contributed by atoms with van der Waals surface area (Å²) in [6.45, 7) is 1.66. The lowest BCUT2D eigenvalue weighted by molar-refractivity contribution is 0.102. The third-order valence-electron chi connectivity index (χ3n) is 2.42. The van der Waals surface area contributed by atoms with E-state index in [0.717, 1.165) is 0 Å². The molecule has 0 spiro atoms. The first-order valence-corrected chi connectivity index (χ1v) is 5.64. The Balaban J connectivity index is 2.25. The normalized spacial score (nSPS) is 10.2. The number of amides is 1. The Kier molecular flexibility index (Phi) is 3.58. The van der Waals surface area contributed by atoms with Gasteiger partial charge in [0, 0.05) is 11.8 Å². The number of aromatic nitrogens is 1. The lowest BCUT2D eigenvalue weighted by Crippen LogP contribution is -2.14. The highest BCUT2D eigenvalue weighted by Crippen LogP contribution is 2.19. The van der Waals surface area contributed by atoms with E-state index in [9.17, 15) is 9.18 Å². The minimum Gasteiger partial charge on any atom is -0.305 e. The number of aryl methyl sites for hydroxylation is 1. The van der Waals surface area contributed by atoms with Gasteiger partial charge >= 0.3 is 0 Å². The topological polar surface area (TPSA) is 42.0 Å². The summed E-state index contributed by atoms with van der Waals surface area (Å²) >= 11 is 5.88. The second-order valence-electron chi connectivity index (χ2n) is 3.75. The number of carbonyl (C=O) groups is 1. The summed E-state index contributed by atoms with van der Waals surface area (Å²) < 4.78 is 12.9. The Morgan fingerprint density at radius 3 is 2.83 bits per heavy atom. The van der Waals surface area contributed by atoms with Crippen LogP contribution in [0, 0.1) is 12.7 Å². The first-order chi connectivity index (χ1) is 8.58. The van der Waals surface area contributed by atoms with E-state index in [1.807, 2.05) is 0 Å². The first-order valence-electron chi connectivity index (χ1n) is 5.26. The summed E-state index contributed by atoms with van der Waals surface area (Å²) in [7, 11) is 0. The highest BCUT2D eigenvalue weighted by atomic mass is 35.5. The molecule has 1 aromatic heterocycles. The van der Waals surface area contributed by atoms with Crippen LogP contribution in [0.3, 0.4) is 0 Å². The van der Waals surface area contributed by atoms with Crippen LogP contribution in [0.4, 0.5) is 10.2 Å². The summed E-state index contributed by atoms with van der Waals surface area (Å²) in [5.41, 5.74) is 0.942. The van der Waals surface area contributed by atoms with Gasteiger partial charge < -0.3 is 5.32 Å². The summed E-state index contributed by atoms with van der Waals surface area (Å²) in [4.78, 5) is 15.9. The van der Waals surface area contributed by atoms with E-state index in [0.29, 0.717) is 16.1 Å². The zero-order valence-electron chi connectivity index (χ0n) is 9.58. The van der Waals surface area contributed by atoms with Crippen LogP contribution in [0.15, 0.2) is 36.5 Å². The number of anilines is 1. The third kappa shape index (κ3) is 2.65. The molecule has 0 radical (unpaired) electrons. The molecule has 0 unspecified atom stereocenters. The molecule has 5 heteroatoms. The fourth-order valence-corrected chi connectivity index (χ4v) is 1.70. The molecule has 0 saturated heterocycles. The molecule has 1 heterocycles. The fraction of sp³-hybridized carbons (Fsp3) is 0.0769. The van der Waals surface area contributed by atoms with Crippen LogP contribution in [-0.4, -0.2) is 10.9 Å². The molecule has 1 N–H and O–H groups in total. The van der Waals surface area contributed by atoms with Gasteiger partial charge in [-0.05, 0) is 42.8 Å². The van der Waals surface area contributed by atoms with Crippen LogP contribution in [0.5, 0.6) is 0 Å². The molecule has 0 aliphatic carbocycles. The van der Waals surface area contributed by atoms with Crippen LogP contribution in [0.25, 0.3) is 0 Å². The van der Waals surface area contributed by atoms with Crippen LogP contribution >= 0.6 is 11.6 Å². The number of rotatable bonds is 2. The van der Waals surface area contributed by atoms with Gasteiger partial charge in [-0.15, -0.1) is 0 Å². The predicted octanol–water partition coefficient (Wildman–Crippen LogP) is 3.43. The van der Waals surface area contributed by atoms with Gasteiger partial charge in [-0.3, -0.25) is 4.79 Å². The summed E-state index contributed by atoms with van der Waals surface area (Å²) in [6.07, 6.45) is 1.53. The minimum atomic E-state index is -0.375. The predicted molar refractivity (Wildman–Crippen MR) is 68.3 cm³/mol. The number of halogens is 2. The van der Waals surface area contributed by atoms with Gasteiger partial charge in [-0.25, -0.2) is 9.37 Å². The monoisotopic (exact) mass is 264 g/mol. The van der Waals surface area contributed by atoms with Crippen molar-refractivity contribution in [3.63, 3.8) is 0 Å². The number of pyridine rings is 1. The van der Waals surface area contributed by atoms with E-state index in [4.69, 9.17) is 11.6 Å². The fourth-order valence-electron chi connectivity index (χ4n) is 1.53. The molecule has 92 valence electrons. The molecule has 0 saturated carbocycles. The number of nitrogens with one attached hydrogen (secondary N) is 1. The van der Waals surface area contributed by atoms with Gasteiger partial charge in [0.1, 0.15) is 5.82 Å². The van der Waals surface area contributed by atoms with Gasteiger partial charge in [0.05, 0.1) is 5.02 Å². The largest absolute Gasteiger partial charge is 0.305 e. The van der Waals surface area contributed by atoms with E-state index < -0.39 is 0 Å². The maximum atomic E-state index is 12.9. The van der Waals surface area contributed by atoms with Crippen LogP contribution in [0.2, 0.25) is 5.02 Å². The molecule has 0 aliphatic rings. The van der Waals surface area contributed by atoms with E-state index in [1.165, 1.54) is 24.4 Å². The van der Waals surface area contributed by atoms with E-state index in [2.05, 4.69) is 10.3 Å². The molecule has 2 rings (SSSR count). The van der Waals surface area contributed by atoms with Crippen LogP contribution in [0.1, 0.15) is 15.9 Å². The molecule has 2 aromatic rings. The lowest BCUT2D eigenvalue weighted by Gasteiger charge is -2.08. The third-order valence-corrected chi connectivity index (χ3v) is 2.73. The molecule has 0 aliphatic heterocycles. The summed E-state index contributed by atoms with van der Waals surface area (Å²) in [5, 5.41) is 2.93. The van der Waals surface area contributed by atoms with E-state index >= 15 is 0 Å². The van der Waals surface area contributed by atoms with Gasteiger partial charge in [0.15, 0.2) is 5.82 Å². The number of nitrogens with zero attached hydrogens (tertiary/aromatic N) is 1. The van der Waals surface area contributed by atoms with Crippen molar-refractivity contribution < 1.29 is 9.18 Å². The number of hydrogen-bond acceptors (Lipinski definition) is 2. The van der Waals surface area contributed by atoms with Crippen molar-refractivity contribution >= 4 is 23.3 Å². The Hall–Kier alpha value is -1.94. The zero-order chi connectivity index (χ0) is 13.1. The standard InChI is InChI=1S/C13H10ClFN2O/c1-8-7-9(15)4-5-10(8)13(18)17-12-11(14)3-2-6-16-12/h2-7H,1H3,(H,16,17,18). The smallest absolute Gasteiger partial charge is 0.257 e. The maximum Gasteiger partial charge on any atom is 0.257 e. The van der Waals surface area contributed by atoms with Crippen LogP contribution < -0.4 is 5.32 Å². The average Bonchev–Trinajstić information content (AvgIpc) is 2.32. The lowest BCUT2D eigenvalue weighted by atomic mass is 10.1. The van der Waals surface area contributed by atoms with E-state index in [-0.39, 0.29) is 17.5 Å². The average molecular weight is 265 g/mol. The molecular formula is C13H10ClFN2O. The van der Waals surface area contributed by atoms with Gasteiger partial charge in [0.25, 0.3) is 5.91 Å². The Labute approximate surface area is 109 Å².